The van der Waals surface area contributed by atoms with Gasteiger partial charge in [0.25, 0.3) is 0 Å². The van der Waals surface area contributed by atoms with Crippen molar-refractivity contribution in [3.63, 3.8) is 0 Å². The zero-order chi connectivity index (χ0) is 25.1. The van der Waals surface area contributed by atoms with Crippen molar-refractivity contribution < 1.29 is 47.5 Å². The van der Waals surface area contributed by atoms with Gasteiger partial charge in [0.15, 0.2) is 24.4 Å². The van der Waals surface area contributed by atoms with E-state index < -0.39 is 54.8 Å². The van der Waals surface area contributed by atoms with Gasteiger partial charge in [-0.3, -0.25) is 4.79 Å². The van der Waals surface area contributed by atoms with Crippen molar-refractivity contribution in [1.29, 1.82) is 0 Å². The van der Waals surface area contributed by atoms with Gasteiger partial charge in [-0.1, -0.05) is 35.5 Å². The number of hydrogen-bond acceptors (Lipinski definition) is 12. The lowest BCUT2D eigenvalue weighted by molar-refractivity contribution is -0.348. The molecule has 2 fully saturated rings. The van der Waals surface area contributed by atoms with E-state index in [9.17, 15) is 14.4 Å². The molecule has 0 saturated carbocycles. The maximum atomic E-state index is 12.7. The van der Waals surface area contributed by atoms with Crippen LogP contribution in [0.15, 0.2) is 30.3 Å². The second kappa shape index (κ2) is 10.5. The Balaban J connectivity index is 1.78. The molecule has 0 aliphatic carbocycles. The predicted molar refractivity (Wildman–Crippen MR) is 113 cm³/mol. The SMILES string of the molecule is COC(=O)c1nnn([C@@H]2[C@@H](OC)O[C@@H]3CO[C@@H](c4ccccc4)O[C@H]3[C@H]2OC(C)=O)c1C(=O)OC. The van der Waals surface area contributed by atoms with Crippen LogP contribution in [0.2, 0.25) is 0 Å². The van der Waals surface area contributed by atoms with Crippen LogP contribution in [0.1, 0.15) is 45.8 Å². The molecule has 6 atom stereocenters. The van der Waals surface area contributed by atoms with Gasteiger partial charge in [-0.05, 0) is 0 Å². The number of esters is 3. The molecule has 4 rings (SSSR count). The first kappa shape index (κ1) is 24.7. The second-order valence-electron chi connectivity index (χ2n) is 7.73. The highest BCUT2D eigenvalue weighted by atomic mass is 16.7. The van der Waals surface area contributed by atoms with Crippen LogP contribution in [0.4, 0.5) is 0 Å². The quantitative estimate of drug-likeness (QED) is 0.416. The minimum absolute atomic E-state index is 0.114. The van der Waals surface area contributed by atoms with Gasteiger partial charge in [0.1, 0.15) is 18.2 Å². The van der Waals surface area contributed by atoms with Crippen LogP contribution in [0.5, 0.6) is 0 Å². The molecule has 0 radical (unpaired) electrons. The summed E-state index contributed by atoms with van der Waals surface area (Å²) in [5.41, 5.74) is 0.0483. The number of rotatable bonds is 6. The number of nitrogens with zero attached hydrogens (tertiary/aromatic N) is 3. The van der Waals surface area contributed by atoms with Gasteiger partial charge in [-0.2, -0.15) is 0 Å². The van der Waals surface area contributed by atoms with Crippen LogP contribution < -0.4 is 0 Å². The van der Waals surface area contributed by atoms with E-state index in [1.165, 1.54) is 14.0 Å². The van der Waals surface area contributed by atoms with Gasteiger partial charge >= 0.3 is 17.9 Å². The largest absolute Gasteiger partial charge is 0.464 e. The standard InChI is InChI=1S/C22H25N3O10/c1-11(26)33-18-16(25-15(20(28)30-3)14(23-24-25)19(27)29-2)22(31-4)34-13-10-32-21(35-17(13)18)12-8-6-5-7-9-12/h5-9,13,16-18,21-22H,10H2,1-4H3/t13-,16+,17-,18+,21-,22+/m1/s1. The van der Waals surface area contributed by atoms with Crippen LogP contribution in [0, 0.1) is 0 Å². The van der Waals surface area contributed by atoms with Crippen LogP contribution >= 0.6 is 0 Å². The number of methoxy groups -OCH3 is 3. The van der Waals surface area contributed by atoms with Crippen LogP contribution in [0.25, 0.3) is 0 Å². The summed E-state index contributed by atoms with van der Waals surface area (Å²) in [6.45, 7) is 1.35. The minimum Gasteiger partial charge on any atom is -0.464 e. The number of hydrogen-bond donors (Lipinski definition) is 0. The van der Waals surface area contributed by atoms with Gasteiger partial charge in [0.05, 0.1) is 20.8 Å². The monoisotopic (exact) mass is 491 g/mol. The first-order valence-corrected chi connectivity index (χ1v) is 10.7. The fraction of sp³-hybridized carbons (Fsp3) is 0.500. The molecule has 0 bridgehead atoms. The van der Waals surface area contributed by atoms with Crippen molar-refractivity contribution >= 4 is 17.9 Å². The average molecular weight is 491 g/mol. The van der Waals surface area contributed by atoms with Crippen molar-refractivity contribution in [3.8, 4) is 0 Å². The van der Waals surface area contributed by atoms with Crippen LogP contribution in [-0.2, 0) is 38.0 Å². The van der Waals surface area contributed by atoms with Crippen molar-refractivity contribution in [1.82, 2.24) is 15.0 Å². The molecular formula is C22H25N3O10. The summed E-state index contributed by atoms with van der Waals surface area (Å²) in [5, 5.41) is 7.78. The molecule has 0 unspecified atom stereocenters. The summed E-state index contributed by atoms with van der Waals surface area (Å²) in [4.78, 5) is 37.0. The van der Waals surface area contributed by atoms with Gasteiger partial charge < -0.3 is 33.2 Å². The van der Waals surface area contributed by atoms with Crippen molar-refractivity contribution in [3.05, 3.63) is 47.3 Å². The van der Waals surface area contributed by atoms with E-state index in [2.05, 4.69) is 10.3 Å². The Morgan fingerprint density at radius 2 is 1.74 bits per heavy atom. The minimum atomic E-state index is -1.09. The van der Waals surface area contributed by atoms with Crippen molar-refractivity contribution in [2.24, 2.45) is 0 Å². The number of aromatic nitrogens is 3. The number of fused-ring (bicyclic) bond motifs is 1. The summed E-state index contributed by atoms with van der Waals surface area (Å²) in [7, 11) is 3.64. The van der Waals surface area contributed by atoms with E-state index >= 15 is 0 Å². The summed E-state index contributed by atoms with van der Waals surface area (Å²) in [5.74, 6) is -2.44. The first-order valence-electron chi connectivity index (χ1n) is 10.7. The molecular weight excluding hydrogens is 466 g/mol. The molecule has 3 heterocycles. The lowest BCUT2D eigenvalue weighted by Gasteiger charge is -2.48. The Bertz CT molecular complexity index is 1070. The fourth-order valence-corrected chi connectivity index (χ4v) is 4.14. The molecule has 2 aliphatic heterocycles. The van der Waals surface area contributed by atoms with Gasteiger partial charge in [0.2, 0.25) is 5.69 Å². The molecule has 13 nitrogen and oxygen atoms in total. The van der Waals surface area contributed by atoms with E-state index in [4.69, 9.17) is 33.2 Å². The van der Waals surface area contributed by atoms with Gasteiger partial charge in [-0.25, -0.2) is 14.3 Å². The Morgan fingerprint density at radius 1 is 1.03 bits per heavy atom. The normalized spacial score (nSPS) is 28.0. The number of benzene rings is 1. The topological polar surface area (TPSA) is 147 Å². The van der Waals surface area contributed by atoms with E-state index in [-0.39, 0.29) is 18.0 Å². The predicted octanol–water partition coefficient (Wildman–Crippen LogP) is 0.810. The summed E-state index contributed by atoms with van der Waals surface area (Å²) >= 11 is 0. The molecule has 0 amide bonds. The molecule has 188 valence electrons. The van der Waals surface area contributed by atoms with Crippen LogP contribution in [0.3, 0.4) is 0 Å². The van der Waals surface area contributed by atoms with E-state index in [0.29, 0.717) is 0 Å². The smallest absolute Gasteiger partial charge is 0.361 e. The third-order valence-corrected chi connectivity index (χ3v) is 5.65. The molecule has 1 aromatic heterocycles. The molecule has 0 N–H and O–H groups in total. The summed E-state index contributed by atoms with van der Waals surface area (Å²) in [6, 6.07) is 8.12. The highest BCUT2D eigenvalue weighted by Gasteiger charge is 2.54. The number of carbonyl (C=O) groups excluding carboxylic acids is 3. The van der Waals surface area contributed by atoms with Crippen molar-refractivity contribution in [2.75, 3.05) is 27.9 Å². The maximum absolute atomic E-state index is 12.7. The van der Waals surface area contributed by atoms with E-state index in [0.717, 1.165) is 24.5 Å². The molecule has 2 saturated heterocycles. The zero-order valence-electron chi connectivity index (χ0n) is 19.5. The number of ether oxygens (including phenoxy) is 7. The van der Waals surface area contributed by atoms with Crippen molar-refractivity contribution in [2.45, 2.75) is 43.9 Å². The average Bonchev–Trinajstić information content (AvgIpc) is 3.32. The molecule has 1 aromatic carbocycles. The first-order chi connectivity index (χ1) is 16.9. The van der Waals surface area contributed by atoms with Gasteiger partial charge in [0, 0.05) is 19.6 Å². The maximum Gasteiger partial charge on any atom is 0.361 e. The summed E-state index contributed by atoms with van der Waals surface area (Å²) < 4.78 is 39.9. The summed E-state index contributed by atoms with van der Waals surface area (Å²) in [6.07, 6.45) is -4.44. The molecule has 2 aliphatic rings. The third-order valence-electron chi connectivity index (χ3n) is 5.65. The third kappa shape index (κ3) is 4.75. The lowest BCUT2D eigenvalue weighted by Crippen LogP contribution is -2.61. The second-order valence-corrected chi connectivity index (χ2v) is 7.73. The zero-order valence-corrected chi connectivity index (χ0v) is 19.5. The van der Waals surface area contributed by atoms with Crippen LogP contribution in [-0.4, -0.2) is 85.4 Å². The Kier molecular flexibility index (Phi) is 7.40. The Labute approximate surface area is 200 Å². The molecule has 13 heteroatoms. The van der Waals surface area contributed by atoms with E-state index in [1.54, 1.807) is 0 Å². The van der Waals surface area contributed by atoms with Gasteiger partial charge in [-0.15, -0.1) is 5.10 Å². The Hall–Kier alpha value is -3.39. The highest BCUT2D eigenvalue weighted by molar-refractivity contribution is 6.00. The van der Waals surface area contributed by atoms with E-state index in [1.807, 2.05) is 30.3 Å². The molecule has 0 spiro atoms. The fourth-order valence-electron chi connectivity index (χ4n) is 4.14. The highest BCUT2D eigenvalue weighted by Crippen LogP contribution is 2.40. The molecule has 2 aromatic rings. The number of carbonyl (C=O) groups is 3. The Morgan fingerprint density at radius 3 is 2.37 bits per heavy atom. The molecule has 35 heavy (non-hydrogen) atoms. The lowest BCUT2D eigenvalue weighted by atomic mass is 9.95.